The molecule has 3 aromatic rings. The Kier molecular flexibility index (Phi) is 4.16. The molecule has 1 N–H and O–H groups in total. The second kappa shape index (κ2) is 6.41. The average Bonchev–Trinajstić information content (AvgIpc) is 2.96. The van der Waals surface area contributed by atoms with E-state index in [1.54, 1.807) is 48.8 Å². The van der Waals surface area contributed by atoms with Gasteiger partial charge in [0, 0.05) is 11.8 Å². The number of rotatable bonds is 4. The number of ether oxygens (including phenoxy) is 1. The first-order chi connectivity index (χ1) is 10.7. The van der Waals surface area contributed by atoms with Crippen LogP contribution in [0.5, 0.6) is 5.75 Å². The summed E-state index contributed by atoms with van der Waals surface area (Å²) < 4.78 is 6.18. The topological polar surface area (TPSA) is 51.2 Å². The monoisotopic (exact) mass is 310 g/mol. The number of carbonyl (C=O) groups is 1. The molecule has 0 radical (unpaired) electrons. The van der Waals surface area contributed by atoms with Gasteiger partial charge < -0.3 is 10.1 Å². The lowest BCUT2D eigenvalue weighted by Crippen LogP contribution is -2.07. The van der Waals surface area contributed by atoms with Crippen molar-refractivity contribution in [1.82, 2.24) is 4.98 Å². The number of thiazole rings is 1. The maximum atomic E-state index is 11.9. The molecule has 0 aliphatic rings. The highest BCUT2D eigenvalue weighted by molar-refractivity contribution is 7.19. The summed E-state index contributed by atoms with van der Waals surface area (Å²) in [5, 5.41) is 3.60. The molecule has 110 valence electrons. The van der Waals surface area contributed by atoms with Crippen LogP contribution in [0, 0.1) is 0 Å². The Labute approximate surface area is 132 Å². The summed E-state index contributed by atoms with van der Waals surface area (Å²) in [5.41, 5.74) is 1.67. The van der Waals surface area contributed by atoms with E-state index in [0.29, 0.717) is 0 Å². The van der Waals surface area contributed by atoms with E-state index >= 15 is 0 Å². The Morgan fingerprint density at radius 2 is 1.95 bits per heavy atom. The number of amides is 1. The predicted molar refractivity (Wildman–Crippen MR) is 90.3 cm³/mol. The second-order valence-electron chi connectivity index (χ2n) is 4.57. The van der Waals surface area contributed by atoms with Crippen LogP contribution in [0.4, 0.5) is 5.69 Å². The molecule has 0 unspecified atom stereocenters. The van der Waals surface area contributed by atoms with Crippen molar-refractivity contribution in [2.75, 3.05) is 12.4 Å². The Bertz CT molecular complexity index is 789. The number of nitrogens with one attached hydrogen (secondary N) is 1. The number of anilines is 1. The van der Waals surface area contributed by atoms with Gasteiger partial charge in [0.1, 0.15) is 10.8 Å². The fourth-order valence-corrected chi connectivity index (χ4v) is 2.84. The van der Waals surface area contributed by atoms with Crippen LogP contribution >= 0.6 is 11.3 Å². The molecule has 1 heterocycles. The summed E-state index contributed by atoms with van der Waals surface area (Å²) in [7, 11) is 1.61. The minimum absolute atomic E-state index is 0.190. The van der Waals surface area contributed by atoms with E-state index in [2.05, 4.69) is 10.3 Å². The molecule has 0 aliphatic heterocycles. The van der Waals surface area contributed by atoms with Crippen LogP contribution in [0.15, 0.2) is 54.6 Å². The summed E-state index contributed by atoms with van der Waals surface area (Å²) in [4.78, 5) is 16.4. The zero-order valence-electron chi connectivity index (χ0n) is 11.9. The lowest BCUT2D eigenvalue weighted by Gasteiger charge is -2.03. The first-order valence-electron chi connectivity index (χ1n) is 6.73. The van der Waals surface area contributed by atoms with Crippen molar-refractivity contribution in [2.24, 2.45) is 0 Å². The third kappa shape index (κ3) is 3.32. The maximum absolute atomic E-state index is 11.9. The summed E-state index contributed by atoms with van der Waals surface area (Å²) in [6, 6.07) is 15.1. The van der Waals surface area contributed by atoms with Gasteiger partial charge in [-0.2, -0.15) is 0 Å². The van der Waals surface area contributed by atoms with Crippen LogP contribution in [-0.2, 0) is 4.79 Å². The van der Waals surface area contributed by atoms with Crippen LogP contribution in [0.3, 0.4) is 0 Å². The van der Waals surface area contributed by atoms with Gasteiger partial charge >= 0.3 is 0 Å². The van der Waals surface area contributed by atoms with E-state index in [9.17, 15) is 4.79 Å². The van der Waals surface area contributed by atoms with Crippen molar-refractivity contribution < 1.29 is 9.53 Å². The smallest absolute Gasteiger partial charge is 0.248 e. The van der Waals surface area contributed by atoms with Crippen LogP contribution in [0.1, 0.15) is 5.01 Å². The molecule has 0 spiro atoms. The molecule has 0 saturated heterocycles. The molecular weight excluding hydrogens is 296 g/mol. The Hall–Kier alpha value is -2.66. The quantitative estimate of drug-likeness (QED) is 0.742. The minimum atomic E-state index is -0.190. The van der Waals surface area contributed by atoms with Gasteiger partial charge in [-0.25, -0.2) is 4.98 Å². The zero-order valence-corrected chi connectivity index (χ0v) is 12.8. The third-order valence-electron chi connectivity index (χ3n) is 3.05. The van der Waals surface area contributed by atoms with Gasteiger partial charge in [0.25, 0.3) is 0 Å². The number of methoxy groups -OCH3 is 1. The molecule has 2 aromatic carbocycles. The first kappa shape index (κ1) is 14.3. The average molecular weight is 310 g/mol. The first-order valence-corrected chi connectivity index (χ1v) is 7.55. The highest BCUT2D eigenvalue weighted by atomic mass is 32.1. The van der Waals surface area contributed by atoms with Crippen molar-refractivity contribution in [3.05, 3.63) is 59.6 Å². The Balaban J connectivity index is 1.67. The normalized spacial score (nSPS) is 11.0. The molecule has 5 heteroatoms. The highest BCUT2D eigenvalue weighted by Crippen LogP contribution is 2.22. The molecule has 3 rings (SSSR count). The van der Waals surface area contributed by atoms with Gasteiger partial charge in [0.05, 0.1) is 17.3 Å². The van der Waals surface area contributed by atoms with Gasteiger partial charge in [0.15, 0.2) is 0 Å². The van der Waals surface area contributed by atoms with Gasteiger partial charge in [0.2, 0.25) is 5.91 Å². The molecule has 22 heavy (non-hydrogen) atoms. The van der Waals surface area contributed by atoms with Crippen LogP contribution in [0.2, 0.25) is 0 Å². The highest BCUT2D eigenvalue weighted by Gasteiger charge is 2.02. The molecular formula is C17H14N2O2S. The van der Waals surface area contributed by atoms with Crippen molar-refractivity contribution >= 4 is 39.2 Å². The number of benzene rings is 2. The molecule has 0 bridgehead atoms. The summed E-state index contributed by atoms with van der Waals surface area (Å²) in [6.07, 6.45) is 3.21. The second-order valence-corrected chi connectivity index (χ2v) is 5.63. The molecule has 0 saturated carbocycles. The standard InChI is InChI=1S/C17H14N2O2S/c1-21-13-8-6-12(7-9-13)18-16(20)10-11-17-19-14-4-2-3-5-15(14)22-17/h2-11H,1H3,(H,18,20)/b11-10+. The molecule has 4 nitrogen and oxygen atoms in total. The molecule has 1 amide bonds. The van der Waals surface area contributed by atoms with Crippen LogP contribution in [0.25, 0.3) is 16.3 Å². The van der Waals surface area contributed by atoms with Crippen LogP contribution < -0.4 is 10.1 Å². The van der Waals surface area contributed by atoms with E-state index in [1.807, 2.05) is 24.3 Å². The number of hydrogen-bond donors (Lipinski definition) is 1. The lowest BCUT2D eigenvalue weighted by molar-refractivity contribution is -0.111. The molecule has 0 aliphatic carbocycles. The minimum Gasteiger partial charge on any atom is -0.497 e. The van der Waals surface area contributed by atoms with Crippen molar-refractivity contribution in [1.29, 1.82) is 0 Å². The zero-order chi connectivity index (χ0) is 15.4. The maximum Gasteiger partial charge on any atom is 0.248 e. The van der Waals surface area contributed by atoms with E-state index in [0.717, 1.165) is 26.7 Å². The summed E-state index contributed by atoms with van der Waals surface area (Å²) in [6.45, 7) is 0. The van der Waals surface area contributed by atoms with E-state index < -0.39 is 0 Å². The summed E-state index contributed by atoms with van der Waals surface area (Å²) >= 11 is 1.56. The van der Waals surface area contributed by atoms with Crippen LogP contribution in [-0.4, -0.2) is 18.0 Å². The van der Waals surface area contributed by atoms with Crippen molar-refractivity contribution in [2.45, 2.75) is 0 Å². The predicted octanol–water partition coefficient (Wildman–Crippen LogP) is 3.96. The van der Waals surface area contributed by atoms with Crippen molar-refractivity contribution in [3.8, 4) is 5.75 Å². The Morgan fingerprint density at radius 3 is 2.68 bits per heavy atom. The third-order valence-corrected chi connectivity index (χ3v) is 4.05. The fraction of sp³-hybridized carbons (Fsp3) is 0.0588. The molecule has 0 fully saturated rings. The molecule has 1 aromatic heterocycles. The molecule has 0 atom stereocenters. The van der Waals surface area contributed by atoms with Crippen molar-refractivity contribution in [3.63, 3.8) is 0 Å². The van der Waals surface area contributed by atoms with E-state index in [4.69, 9.17) is 4.74 Å². The number of hydrogen-bond acceptors (Lipinski definition) is 4. The number of fused-ring (bicyclic) bond motifs is 1. The van der Waals surface area contributed by atoms with Gasteiger partial charge in [-0.3, -0.25) is 4.79 Å². The Morgan fingerprint density at radius 1 is 1.18 bits per heavy atom. The van der Waals surface area contributed by atoms with Gasteiger partial charge in [-0.15, -0.1) is 11.3 Å². The number of carbonyl (C=O) groups excluding carboxylic acids is 1. The number of nitrogens with zero attached hydrogens (tertiary/aromatic N) is 1. The van der Waals surface area contributed by atoms with E-state index in [1.165, 1.54) is 6.08 Å². The number of para-hydroxylation sites is 1. The van der Waals surface area contributed by atoms with Gasteiger partial charge in [-0.1, -0.05) is 12.1 Å². The summed E-state index contributed by atoms with van der Waals surface area (Å²) in [5.74, 6) is 0.562. The fourth-order valence-electron chi connectivity index (χ4n) is 1.97. The van der Waals surface area contributed by atoms with E-state index in [-0.39, 0.29) is 5.91 Å². The number of aromatic nitrogens is 1. The van der Waals surface area contributed by atoms with Gasteiger partial charge in [-0.05, 0) is 42.5 Å². The lowest BCUT2D eigenvalue weighted by atomic mass is 10.3. The SMILES string of the molecule is COc1ccc(NC(=O)/C=C/c2nc3ccccc3s2)cc1. The largest absolute Gasteiger partial charge is 0.497 e.